The van der Waals surface area contributed by atoms with Crippen molar-refractivity contribution in [2.24, 2.45) is 7.05 Å². The summed E-state index contributed by atoms with van der Waals surface area (Å²) >= 11 is 0. The first-order chi connectivity index (χ1) is 19.5. The third-order valence-corrected chi connectivity index (χ3v) is 7.66. The first kappa shape index (κ1) is 28.2. The highest BCUT2D eigenvalue weighted by molar-refractivity contribution is 5.94. The largest absolute Gasteiger partial charge is 0.478 e. The van der Waals surface area contributed by atoms with E-state index in [1.165, 1.54) is 12.1 Å². The van der Waals surface area contributed by atoms with E-state index in [0.29, 0.717) is 34.6 Å². The quantitative estimate of drug-likeness (QED) is 0.315. The lowest BCUT2D eigenvalue weighted by atomic mass is 9.93. The van der Waals surface area contributed by atoms with Crippen LogP contribution in [0.1, 0.15) is 71.2 Å². The second-order valence-electron chi connectivity index (χ2n) is 11.0. The molecule has 0 atom stereocenters. The maximum atomic E-state index is 14.2. The van der Waals surface area contributed by atoms with Gasteiger partial charge in [-0.1, -0.05) is 12.1 Å². The van der Waals surface area contributed by atoms with Gasteiger partial charge in [0, 0.05) is 35.9 Å². The Morgan fingerprint density at radius 1 is 1.17 bits per heavy atom. The summed E-state index contributed by atoms with van der Waals surface area (Å²) in [5.41, 5.74) is 2.20. The van der Waals surface area contributed by atoms with Gasteiger partial charge in [-0.2, -0.15) is 5.26 Å². The molecule has 2 aromatic heterocycles. The number of rotatable bonds is 8. The molecular formula is C31H32FN5O4. The molecular weight excluding hydrogens is 525 g/mol. The number of aryl methyl sites for hydroxylation is 1. The molecule has 9 nitrogen and oxygen atoms in total. The minimum absolute atomic E-state index is 0.0214. The standard InChI is InChI=1S/C31H32FN5O4/c1-31(2,40)23-14-22(30(38)39)15-26-29(23)35-27(36(26)3)17-37-11-9-20(10-12-37)25-5-4-6-28(34-25)41-18-21-8-7-19(16-33)13-24(21)32/h4-8,13-15,20,40H,9-12,17-18H2,1-3H3,(H,38,39). The molecule has 1 aliphatic heterocycles. The molecule has 0 saturated carbocycles. The van der Waals surface area contributed by atoms with Crippen molar-refractivity contribution in [2.45, 2.75) is 51.4 Å². The van der Waals surface area contributed by atoms with Crippen LogP contribution in [0.3, 0.4) is 0 Å². The number of aromatic nitrogens is 3. The lowest BCUT2D eigenvalue weighted by Crippen LogP contribution is -2.33. The molecule has 4 aromatic rings. The first-order valence-corrected chi connectivity index (χ1v) is 13.5. The van der Waals surface area contributed by atoms with E-state index >= 15 is 0 Å². The van der Waals surface area contributed by atoms with Crippen LogP contribution in [0.5, 0.6) is 5.88 Å². The number of hydrogen-bond donors (Lipinski definition) is 2. The molecule has 212 valence electrons. The molecule has 1 aliphatic rings. The van der Waals surface area contributed by atoms with E-state index < -0.39 is 17.4 Å². The Morgan fingerprint density at radius 3 is 2.59 bits per heavy atom. The fourth-order valence-electron chi connectivity index (χ4n) is 5.28. The number of carboxylic acids is 1. The SMILES string of the molecule is Cn1c(CN2CCC(c3cccc(OCc4ccc(C#N)cc4F)n3)CC2)nc2c(C(C)(C)O)cc(C(=O)O)cc21. The summed E-state index contributed by atoms with van der Waals surface area (Å²) < 4.78 is 21.9. The van der Waals surface area contributed by atoms with Crippen molar-refractivity contribution in [3.05, 3.63) is 88.1 Å². The predicted octanol–water partition coefficient (Wildman–Crippen LogP) is 4.86. The fourth-order valence-corrected chi connectivity index (χ4v) is 5.28. The lowest BCUT2D eigenvalue weighted by molar-refractivity contribution is 0.0694. The van der Waals surface area contributed by atoms with Crippen LogP contribution < -0.4 is 4.74 Å². The molecule has 41 heavy (non-hydrogen) atoms. The third kappa shape index (κ3) is 6.06. The number of nitrogens with zero attached hydrogens (tertiary/aromatic N) is 5. The summed E-state index contributed by atoms with van der Waals surface area (Å²) in [6.07, 6.45) is 1.78. The first-order valence-electron chi connectivity index (χ1n) is 13.5. The second kappa shape index (κ2) is 11.3. The summed E-state index contributed by atoms with van der Waals surface area (Å²) in [6.45, 7) is 5.54. The van der Waals surface area contributed by atoms with Gasteiger partial charge in [-0.3, -0.25) is 4.90 Å². The molecule has 2 N–H and O–H groups in total. The molecule has 1 saturated heterocycles. The van der Waals surface area contributed by atoms with Crippen LogP contribution in [0, 0.1) is 17.1 Å². The van der Waals surface area contributed by atoms with Crippen LogP contribution in [0.25, 0.3) is 11.0 Å². The highest BCUT2D eigenvalue weighted by Gasteiger charge is 2.27. The number of halogens is 1. The number of carbonyl (C=O) groups is 1. The summed E-state index contributed by atoms with van der Waals surface area (Å²) in [6, 6.07) is 15.0. The molecule has 10 heteroatoms. The molecule has 0 spiro atoms. The second-order valence-corrected chi connectivity index (χ2v) is 11.0. The van der Waals surface area contributed by atoms with Gasteiger partial charge in [-0.25, -0.2) is 19.2 Å². The number of imidazole rings is 1. The number of aliphatic hydroxyl groups is 1. The molecule has 0 bridgehead atoms. The van der Waals surface area contributed by atoms with Gasteiger partial charge in [0.05, 0.1) is 40.4 Å². The summed E-state index contributed by atoms with van der Waals surface area (Å²) in [7, 11) is 1.87. The normalized spacial score (nSPS) is 14.7. The summed E-state index contributed by atoms with van der Waals surface area (Å²) in [5, 5.41) is 29.2. The average molecular weight is 558 g/mol. The highest BCUT2D eigenvalue weighted by atomic mass is 19.1. The van der Waals surface area contributed by atoms with Crippen LogP contribution in [-0.2, 0) is 25.8 Å². The van der Waals surface area contributed by atoms with Crippen LogP contribution in [0.15, 0.2) is 48.5 Å². The van der Waals surface area contributed by atoms with E-state index in [2.05, 4.69) is 9.88 Å². The molecule has 0 aliphatic carbocycles. The number of ether oxygens (including phenoxy) is 1. The Balaban J connectivity index is 1.24. The molecule has 2 aromatic carbocycles. The van der Waals surface area contributed by atoms with Crippen molar-refractivity contribution in [3.63, 3.8) is 0 Å². The maximum absolute atomic E-state index is 14.2. The van der Waals surface area contributed by atoms with Gasteiger partial charge in [-0.05, 0) is 70.1 Å². The third-order valence-electron chi connectivity index (χ3n) is 7.66. The maximum Gasteiger partial charge on any atom is 0.335 e. The van der Waals surface area contributed by atoms with E-state index in [-0.39, 0.29) is 23.7 Å². The number of pyridine rings is 1. The Hall–Kier alpha value is -4.33. The van der Waals surface area contributed by atoms with E-state index in [4.69, 9.17) is 15.0 Å². The zero-order valence-corrected chi connectivity index (χ0v) is 23.3. The minimum Gasteiger partial charge on any atom is -0.478 e. The minimum atomic E-state index is -1.24. The number of benzene rings is 2. The van der Waals surface area contributed by atoms with Crippen molar-refractivity contribution >= 4 is 17.0 Å². The van der Waals surface area contributed by atoms with Crippen molar-refractivity contribution in [2.75, 3.05) is 13.1 Å². The van der Waals surface area contributed by atoms with E-state index in [0.717, 1.165) is 37.4 Å². The van der Waals surface area contributed by atoms with Gasteiger partial charge in [0.15, 0.2) is 0 Å². The summed E-state index contributed by atoms with van der Waals surface area (Å²) in [5.74, 6) is -0.0490. The Morgan fingerprint density at radius 2 is 1.93 bits per heavy atom. The van der Waals surface area contributed by atoms with Crippen molar-refractivity contribution in [1.29, 1.82) is 5.26 Å². The number of piperidine rings is 1. The van der Waals surface area contributed by atoms with Gasteiger partial charge < -0.3 is 19.5 Å². The van der Waals surface area contributed by atoms with Crippen LogP contribution in [0.2, 0.25) is 0 Å². The number of aromatic carboxylic acids is 1. The van der Waals surface area contributed by atoms with Crippen LogP contribution >= 0.6 is 0 Å². The molecule has 0 amide bonds. The molecule has 3 heterocycles. The molecule has 1 fully saturated rings. The molecule has 0 radical (unpaired) electrons. The number of hydrogen-bond acceptors (Lipinski definition) is 7. The number of likely N-dealkylation sites (tertiary alicyclic amines) is 1. The zero-order valence-electron chi connectivity index (χ0n) is 23.3. The predicted molar refractivity (Wildman–Crippen MR) is 150 cm³/mol. The van der Waals surface area contributed by atoms with Gasteiger partial charge in [-0.15, -0.1) is 0 Å². The number of carboxylic acid groups (broad SMARTS) is 1. The van der Waals surface area contributed by atoms with Crippen LogP contribution in [-0.4, -0.2) is 48.7 Å². The average Bonchev–Trinajstić information content (AvgIpc) is 3.26. The molecule has 5 rings (SSSR count). The highest BCUT2D eigenvalue weighted by Crippen LogP contribution is 2.32. The molecule has 0 unspecified atom stereocenters. The fraction of sp³-hybridized carbons (Fsp3) is 0.355. The van der Waals surface area contributed by atoms with E-state index in [9.17, 15) is 19.4 Å². The zero-order chi connectivity index (χ0) is 29.3. The topological polar surface area (TPSA) is 125 Å². The lowest BCUT2D eigenvalue weighted by Gasteiger charge is -2.31. The summed E-state index contributed by atoms with van der Waals surface area (Å²) in [4.78, 5) is 23.5. The Bertz CT molecular complexity index is 1640. The van der Waals surface area contributed by atoms with Gasteiger partial charge in [0.2, 0.25) is 5.88 Å². The van der Waals surface area contributed by atoms with Crippen molar-refractivity contribution in [1.82, 2.24) is 19.4 Å². The Labute approximate surface area is 237 Å². The van der Waals surface area contributed by atoms with Gasteiger partial charge in [0.1, 0.15) is 18.2 Å². The van der Waals surface area contributed by atoms with E-state index in [1.54, 1.807) is 38.1 Å². The smallest absolute Gasteiger partial charge is 0.335 e. The monoisotopic (exact) mass is 557 g/mol. The Kier molecular flexibility index (Phi) is 7.76. The van der Waals surface area contributed by atoms with E-state index in [1.807, 2.05) is 29.8 Å². The van der Waals surface area contributed by atoms with Gasteiger partial charge >= 0.3 is 5.97 Å². The van der Waals surface area contributed by atoms with Crippen molar-refractivity contribution in [3.8, 4) is 11.9 Å². The van der Waals surface area contributed by atoms with Crippen LogP contribution in [0.4, 0.5) is 4.39 Å². The van der Waals surface area contributed by atoms with Crippen molar-refractivity contribution < 1.29 is 24.1 Å². The number of nitriles is 1. The van der Waals surface area contributed by atoms with Gasteiger partial charge in [0.25, 0.3) is 0 Å². The number of fused-ring (bicyclic) bond motifs is 1.